The average molecular weight is 474 g/mol. The van der Waals surface area contributed by atoms with Crippen LogP contribution in [0.3, 0.4) is 0 Å². The van der Waals surface area contributed by atoms with Crippen LogP contribution in [0.5, 0.6) is 0 Å². The van der Waals surface area contributed by atoms with Crippen molar-refractivity contribution in [3.05, 3.63) is 106 Å². The molecule has 0 N–H and O–H groups in total. The lowest BCUT2D eigenvalue weighted by Crippen LogP contribution is -2.25. The van der Waals surface area contributed by atoms with Gasteiger partial charge in [0.15, 0.2) is 0 Å². The van der Waals surface area contributed by atoms with Crippen LogP contribution in [0.15, 0.2) is 94.9 Å². The number of halogens is 1. The lowest BCUT2D eigenvalue weighted by atomic mass is 9.77. The van der Waals surface area contributed by atoms with Crippen molar-refractivity contribution < 1.29 is 4.39 Å². The predicted molar refractivity (Wildman–Crippen MR) is 149 cm³/mol. The molecule has 3 rings (SSSR count). The number of hydrogen-bond acceptors (Lipinski definition) is 1. The fourth-order valence-corrected chi connectivity index (χ4v) is 5.35. The molecule has 1 nitrogen and oxygen atoms in total. The molecule has 0 bridgehead atoms. The molecule has 0 fully saturated rings. The molecule has 0 radical (unpaired) electrons. The normalized spacial score (nSPS) is 22.1. The molecule has 188 valence electrons. The standard InChI is InChI=1S/C33H44FN/c1-8-12-29-27(21-24(4)20-25-15-17-28(34)18-16-25)14-11-19-35-23-30(26(10-3)22-32(29)35)31(13-9-2)33(5,6)7/h10-18,22-24,27H,8-9,19-21H2,1-7H3/b26-10+,29-12?,31-13+. The number of allylic oxidation sites excluding steroid dienone is 9. The molecule has 2 heteroatoms. The van der Waals surface area contributed by atoms with Crippen LogP contribution in [0.2, 0.25) is 0 Å². The average Bonchev–Trinajstić information content (AvgIpc) is 2.96. The van der Waals surface area contributed by atoms with Gasteiger partial charge < -0.3 is 4.90 Å². The second kappa shape index (κ2) is 11.9. The van der Waals surface area contributed by atoms with Gasteiger partial charge in [-0.3, -0.25) is 0 Å². The van der Waals surface area contributed by atoms with Gasteiger partial charge in [0.1, 0.15) is 5.82 Å². The van der Waals surface area contributed by atoms with E-state index in [9.17, 15) is 4.39 Å². The minimum Gasteiger partial charge on any atom is -0.343 e. The molecule has 0 amide bonds. The molecule has 2 unspecified atom stereocenters. The summed E-state index contributed by atoms with van der Waals surface area (Å²) in [4.78, 5) is 2.44. The van der Waals surface area contributed by atoms with E-state index in [2.05, 4.69) is 96.0 Å². The summed E-state index contributed by atoms with van der Waals surface area (Å²) in [6, 6.07) is 6.98. The van der Waals surface area contributed by atoms with Gasteiger partial charge in [-0.1, -0.05) is 84.1 Å². The van der Waals surface area contributed by atoms with E-state index in [4.69, 9.17) is 0 Å². The van der Waals surface area contributed by atoms with Crippen LogP contribution >= 0.6 is 0 Å². The summed E-state index contributed by atoms with van der Waals surface area (Å²) in [7, 11) is 0. The molecule has 2 heterocycles. The van der Waals surface area contributed by atoms with E-state index in [0.717, 1.165) is 32.2 Å². The smallest absolute Gasteiger partial charge is 0.123 e. The number of benzene rings is 1. The van der Waals surface area contributed by atoms with Crippen LogP contribution < -0.4 is 0 Å². The predicted octanol–water partition coefficient (Wildman–Crippen LogP) is 9.33. The molecule has 2 aliphatic rings. The maximum atomic E-state index is 13.3. The number of nitrogens with zero attached hydrogens (tertiary/aromatic N) is 1. The largest absolute Gasteiger partial charge is 0.343 e. The summed E-state index contributed by atoms with van der Waals surface area (Å²) in [5, 5.41) is 0. The number of rotatable bonds is 7. The molecule has 1 aromatic rings. The van der Waals surface area contributed by atoms with E-state index in [1.165, 1.54) is 33.6 Å². The molecule has 2 atom stereocenters. The highest BCUT2D eigenvalue weighted by atomic mass is 19.1. The molecule has 0 saturated heterocycles. The quantitative estimate of drug-likeness (QED) is 0.357. The Morgan fingerprint density at radius 2 is 1.86 bits per heavy atom. The first-order valence-corrected chi connectivity index (χ1v) is 13.4. The van der Waals surface area contributed by atoms with Crippen molar-refractivity contribution in [1.82, 2.24) is 4.90 Å². The summed E-state index contributed by atoms with van der Waals surface area (Å²) < 4.78 is 13.3. The van der Waals surface area contributed by atoms with Gasteiger partial charge in [0.25, 0.3) is 0 Å². The fraction of sp³-hybridized carbons (Fsp3) is 0.455. The SMILES string of the molecule is C/C=C1\C=C2C(=CCC)C(CC(C)Cc3ccc(F)cc3)C=CCN2C=C1/C(=C\CC)C(C)(C)C. The Morgan fingerprint density at radius 3 is 2.46 bits per heavy atom. The third kappa shape index (κ3) is 6.75. The van der Waals surface area contributed by atoms with E-state index < -0.39 is 0 Å². The Labute approximate surface area is 213 Å². The first kappa shape index (κ1) is 27.0. The fourth-order valence-electron chi connectivity index (χ4n) is 5.35. The first-order valence-electron chi connectivity index (χ1n) is 13.4. The van der Waals surface area contributed by atoms with Gasteiger partial charge in [-0.15, -0.1) is 0 Å². The second-order valence-electron chi connectivity index (χ2n) is 11.0. The molecule has 35 heavy (non-hydrogen) atoms. The summed E-state index contributed by atoms with van der Waals surface area (Å²) in [6.45, 7) is 16.7. The van der Waals surface area contributed by atoms with E-state index in [1.807, 2.05) is 12.1 Å². The van der Waals surface area contributed by atoms with Gasteiger partial charge in [-0.2, -0.15) is 0 Å². The number of fused-ring (bicyclic) bond motifs is 1. The maximum absolute atomic E-state index is 13.3. The van der Waals surface area contributed by atoms with E-state index in [-0.39, 0.29) is 11.2 Å². The lowest BCUT2D eigenvalue weighted by Gasteiger charge is -2.35. The first-order chi connectivity index (χ1) is 16.7. The molecule has 0 spiro atoms. The monoisotopic (exact) mass is 473 g/mol. The molecule has 0 aromatic heterocycles. The van der Waals surface area contributed by atoms with E-state index >= 15 is 0 Å². The van der Waals surface area contributed by atoms with Crippen molar-refractivity contribution in [2.75, 3.05) is 6.54 Å². The van der Waals surface area contributed by atoms with Crippen LogP contribution in [-0.4, -0.2) is 11.4 Å². The van der Waals surface area contributed by atoms with Crippen LogP contribution in [0.4, 0.5) is 4.39 Å². The highest BCUT2D eigenvalue weighted by Crippen LogP contribution is 2.42. The molecular formula is C33H44FN. The molecule has 0 saturated carbocycles. The van der Waals surface area contributed by atoms with Crippen molar-refractivity contribution in [3.63, 3.8) is 0 Å². The molecule has 1 aromatic carbocycles. The molecule has 2 aliphatic heterocycles. The van der Waals surface area contributed by atoms with Crippen molar-refractivity contribution >= 4 is 0 Å². The number of hydrogen-bond donors (Lipinski definition) is 0. The molecular weight excluding hydrogens is 429 g/mol. The van der Waals surface area contributed by atoms with Crippen molar-refractivity contribution in [2.45, 2.75) is 74.1 Å². The third-order valence-corrected chi connectivity index (χ3v) is 6.96. The highest BCUT2D eigenvalue weighted by molar-refractivity contribution is 5.59. The minimum atomic E-state index is -0.166. The van der Waals surface area contributed by atoms with Gasteiger partial charge in [0.2, 0.25) is 0 Å². The van der Waals surface area contributed by atoms with Gasteiger partial charge in [0.05, 0.1) is 0 Å². The lowest BCUT2D eigenvalue weighted by molar-refractivity contribution is 0.460. The van der Waals surface area contributed by atoms with Crippen LogP contribution in [-0.2, 0) is 6.42 Å². The summed E-state index contributed by atoms with van der Waals surface area (Å²) in [5.41, 5.74) is 8.13. The Morgan fingerprint density at radius 1 is 1.14 bits per heavy atom. The zero-order valence-corrected chi connectivity index (χ0v) is 22.9. The maximum Gasteiger partial charge on any atom is 0.123 e. The van der Waals surface area contributed by atoms with E-state index in [0.29, 0.717) is 11.8 Å². The zero-order valence-electron chi connectivity index (χ0n) is 22.9. The third-order valence-electron chi connectivity index (χ3n) is 6.96. The van der Waals surface area contributed by atoms with Gasteiger partial charge in [-0.25, -0.2) is 4.39 Å². The van der Waals surface area contributed by atoms with Gasteiger partial charge in [0, 0.05) is 29.9 Å². The Hall–Kier alpha value is -2.61. The minimum absolute atomic E-state index is 0.0868. The van der Waals surface area contributed by atoms with Crippen LogP contribution in [0, 0.1) is 23.1 Å². The van der Waals surface area contributed by atoms with Gasteiger partial charge in [-0.05, 0) is 84.4 Å². The van der Waals surface area contributed by atoms with Crippen LogP contribution in [0.1, 0.15) is 73.3 Å². The molecule has 0 aliphatic carbocycles. The Kier molecular flexibility index (Phi) is 9.16. The Balaban J connectivity index is 1.91. The van der Waals surface area contributed by atoms with Crippen molar-refractivity contribution in [1.29, 1.82) is 0 Å². The topological polar surface area (TPSA) is 3.24 Å². The van der Waals surface area contributed by atoms with Gasteiger partial charge >= 0.3 is 0 Å². The summed E-state index contributed by atoms with van der Waals surface area (Å²) >= 11 is 0. The van der Waals surface area contributed by atoms with Crippen molar-refractivity contribution in [3.8, 4) is 0 Å². The summed E-state index contributed by atoms with van der Waals surface area (Å²) in [6.07, 6.45) is 20.7. The van der Waals surface area contributed by atoms with E-state index in [1.54, 1.807) is 12.1 Å². The van der Waals surface area contributed by atoms with Crippen molar-refractivity contribution in [2.24, 2.45) is 17.3 Å². The second-order valence-corrected chi connectivity index (χ2v) is 11.0. The van der Waals surface area contributed by atoms with Crippen LogP contribution in [0.25, 0.3) is 0 Å². The summed E-state index contributed by atoms with van der Waals surface area (Å²) in [5.74, 6) is 0.711. The zero-order chi connectivity index (χ0) is 25.6. The Bertz CT molecular complexity index is 1050. The highest BCUT2D eigenvalue weighted by Gasteiger charge is 2.30.